The van der Waals surface area contributed by atoms with Crippen molar-refractivity contribution in [3.8, 4) is 12.3 Å². The second kappa shape index (κ2) is 10.9. The average Bonchev–Trinajstić information content (AvgIpc) is 2.71. The van der Waals surface area contributed by atoms with Crippen molar-refractivity contribution < 1.29 is 25.9 Å². The summed E-state index contributed by atoms with van der Waals surface area (Å²) in [5, 5.41) is 11.9. The van der Waals surface area contributed by atoms with Gasteiger partial charge in [-0.1, -0.05) is 21.9 Å². The predicted molar refractivity (Wildman–Crippen MR) is 124 cm³/mol. The van der Waals surface area contributed by atoms with Gasteiger partial charge in [-0.25, -0.2) is 8.42 Å². The Morgan fingerprint density at radius 1 is 1.22 bits per heavy atom. The van der Waals surface area contributed by atoms with Crippen LogP contribution in [0.15, 0.2) is 17.0 Å². The number of sulfonamides is 1. The van der Waals surface area contributed by atoms with E-state index >= 15 is 0 Å². The number of rotatable bonds is 10. The van der Waals surface area contributed by atoms with Gasteiger partial charge in [-0.05, 0) is 7.05 Å². The smallest absolute Gasteiger partial charge is 0.272 e. The Balaban J connectivity index is 2.63. The minimum absolute atomic E-state index is 0.00355. The average molecular weight is 553 g/mol. The lowest BCUT2D eigenvalue weighted by Gasteiger charge is -2.33. The van der Waals surface area contributed by atoms with Crippen LogP contribution in [0.3, 0.4) is 0 Å². The van der Waals surface area contributed by atoms with Crippen LogP contribution in [-0.2, 0) is 24.3 Å². The monoisotopic (exact) mass is 552 g/mol. The van der Waals surface area contributed by atoms with Crippen LogP contribution in [0, 0.1) is 22.5 Å². The molecular formula is C18H25BrN4O7S2. The van der Waals surface area contributed by atoms with Crippen LogP contribution in [0.25, 0.3) is 0 Å². The molecule has 1 aliphatic rings. The zero-order chi connectivity index (χ0) is 24.1. The van der Waals surface area contributed by atoms with Crippen molar-refractivity contribution in [1.82, 2.24) is 9.21 Å². The summed E-state index contributed by atoms with van der Waals surface area (Å²) >= 11 is 3.30. The van der Waals surface area contributed by atoms with Gasteiger partial charge in [-0.15, -0.1) is 6.42 Å². The van der Waals surface area contributed by atoms with E-state index in [4.69, 9.17) is 10.6 Å². The predicted octanol–water partition coefficient (Wildman–Crippen LogP) is 0.690. The maximum Gasteiger partial charge on any atom is 0.272 e. The number of terminal acetylenes is 1. The van der Waals surface area contributed by atoms with Gasteiger partial charge in [-0.2, -0.15) is 12.7 Å². The molecule has 1 fully saturated rings. The number of alkyl halides is 1. The fraction of sp³-hybridized carbons (Fsp3) is 0.556. The van der Waals surface area contributed by atoms with Gasteiger partial charge in [0.2, 0.25) is 10.0 Å². The molecule has 0 spiro atoms. The first-order valence-electron chi connectivity index (χ1n) is 9.53. The first-order valence-corrected chi connectivity index (χ1v) is 13.9. The van der Waals surface area contributed by atoms with Crippen LogP contribution in [0.4, 0.5) is 11.4 Å². The van der Waals surface area contributed by atoms with Crippen molar-refractivity contribution >= 4 is 47.4 Å². The van der Waals surface area contributed by atoms with Crippen LogP contribution in [0.2, 0.25) is 0 Å². The molecule has 2 rings (SSSR count). The molecule has 1 heterocycles. The fourth-order valence-electron chi connectivity index (χ4n) is 3.24. The van der Waals surface area contributed by atoms with E-state index in [9.17, 15) is 26.9 Å². The van der Waals surface area contributed by atoms with Gasteiger partial charge in [0, 0.05) is 56.7 Å². The van der Waals surface area contributed by atoms with E-state index in [1.165, 1.54) is 4.31 Å². The lowest BCUT2D eigenvalue weighted by atomic mass is 10.1. The quantitative estimate of drug-likeness (QED) is 0.135. The molecule has 0 N–H and O–H groups in total. The van der Waals surface area contributed by atoms with Crippen molar-refractivity contribution in [3.63, 3.8) is 0 Å². The molecule has 0 bridgehead atoms. The molecule has 0 aromatic heterocycles. The normalized spacial score (nSPS) is 15.9. The van der Waals surface area contributed by atoms with Crippen LogP contribution in [0.1, 0.15) is 5.56 Å². The molecule has 32 heavy (non-hydrogen) atoms. The van der Waals surface area contributed by atoms with Crippen LogP contribution >= 0.6 is 15.9 Å². The summed E-state index contributed by atoms with van der Waals surface area (Å²) in [5.74, 6) is 2.35. The minimum Gasteiger partial charge on any atom is -0.366 e. The van der Waals surface area contributed by atoms with E-state index in [-0.39, 0.29) is 48.9 Å². The van der Waals surface area contributed by atoms with E-state index in [0.29, 0.717) is 18.4 Å². The van der Waals surface area contributed by atoms with Crippen molar-refractivity contribution in [1.29, 1.82) is 0 Å². The zero-order valence-electron chi connectivity index (χ0n) is 17.7. The molecule has 178 valence electrons. The number of nitro benzene ring substituents is 1. The standard InChI is InChI=1S/C18H25BrN4O7S2/c1-4-15-13-16(23(24)25)14-17(32(28,29)22-9-7-20(2)8-10-22)18(15)21(6-5-19)11-12-30-31(3,26)27/h1,13-14H,5-12H2,2-3H3. The van der Waals surface area contributed by atoms with Crippen LogP contribution in [0.5, 0.6) is 0 Å². The van der Waals surface area contributed by atoms with E-state index in [2.05, 4.69) is 21.9 Å². The summed E-state index contributed by atoms with van der Waals surface area (Å²) in [6, 6.07) is 2.14. The molecule has 0 amide bonds. The molecule has 11 nitrogen and oxygen atoms in total. The third kappa shape index (κ3) is 6.63. The van der Waals surface area contributed by atoms with Crippen molar-refractivity contribution in [2.45, 2.75) is 4.90 Å². The molecule has 0 atom stereocenters. The summed E-state index contributed by atoms with van der Waals surface area (Å²) in [4.78, 5) is 14.0. The number of nitro groups is 1. The van der Waals surface area contributed by atoms with Gasteiger partial charge in [-0.3, -0.25) is 14.3 Å². The highest BCUT2D eigenvalue weighted by Crippen LogP contribution is 2.35. The van der Waals surface area contributed by atoms with Crippen LogP contribution < -0.4 is 4.90 Å². The third-order valence-corrected chi connectivity index (χ3v) is 7.70. The third-order valence-electron chi connectivity index (χ3n) is 4.84. The molecule has 1 aliphatic heterocycles. The highest BCUT2D eigenvalue weighted by atomic mass is 79.9. The number of benzene rings is 1. The summed E-state index contributed by atoms with van der Waals surface area (Å²) < 4.78 is 55.9. The lowest BCUT2D eigenvalue weighted by Crippen LogP contribution is -2.47. The van der Waals surface area contributed by atoms with Gasteiger partial charge in [0.25, 0.3) is 15.8 Å². The molecule has 1 saturated heterocycles. The van der Waals surface area contributed by atoms with Gasteiger partial charge in [0.05, 0.1) is 29.0 Å². The second-order valence-corrected chi connectivity index (χ2v) is 11.5. The number of likely N-dealkylation sites (N-methyl/N-ethyl adjacent to an activating group) is 1. The summed E-state index contributed by atoms with van der Waals surface area (Å²) in [5.41, 5.74) is -0.318. The first kappa shape index (κ1) is 26.5. The van der Waals surface area contributed by atoms with E-state index in [1.54, 1.807) is 4.90 Å². The van der Waals surface area contributed by atoms with E-state index < -0.39 is 30.8 Å². The molecule has 0 saturated carbocycles. The molecular weight excluding hydrogens is 528 g/mol. The maximum absolute atomic E-state index is 13.6. The highest BCUT2D eigenvalue weighted by molar-refractivity contribution is 9.09. The minimum atomic E-state index is -4.13. The van der Waals surface area contributed by atoms with Crippen LogP contribution in [-0.4, -0.2) is 95.5 Å². The number of halogens is 1. The number of hydrogen-bond donors (Lipinski definition) is 0. The summed E-state index contributed by atoms with van der Waals surface area (Å²) in [6.45, 7) is 1.48. The maximum atomic E-state index is 13.6. The largest absolute Gasteiger partial charge is 0.366 e. The molecule has 1 aromatic carbocycles. The summed E-state index contributed by atoms with van der Waals surface area (Å²) in [7, 11) is -5.97. The Morgan fingerprint density at radius 3 is 2.34 bits per heavy atom. The Bertz CT molecular complexity index is 1100. The number of piperazine rings is 1. The Hall–Kier alpha value is -1.76. The fourth-order valence-corrected chi connectivity index (χ4v) is 5.72. The van der Waals surface area contributed by atoms with Gasteiger partial charge < -0.3 is 9.80 Å². The van der Waals surface area contributed by atoms with Crippen molar-refractivity contribution in [3.05, 3.63) is 27.8 Å². The molecule has 0 radical (unpaired) electrons. The molecule has 0 aliphatic carbocycles. The van der Waals surface area contributed by atoms with Gasteiger partial charge in [0.15, 0.2) is 0 Å². The highest BCUT2D eigenvalue weighted by Gasteiger charge is 2.34. The number of non-ortho nitro benzene ring substituents is 1. The molecule has 0 unspecified atom stereocenters. The lowest BCUT2D eigenvalue weighted by molar-refractivity contribution is -0.385. The Labute approximate surface area is 196 Å². The number of nitrogens with zero attached hydrogens (tertiary/aromatic N) is 4. The number of anilines is 1. The SMILES string of the molecule is C#Cc1cc([N+](=O)[O-])cc(S(=O)(=O)N2CCN(C)CC2)c1N(CCBr)CCOS(C)(=O)=O. The number of hydrogen-bond acceptors (Lipinski definition) is 9. The van der Waals surface area contributed by atoms with Gasteiger partial charge in [0.1, 0.15) is 4.90 Å². The van der Waals surface area contributed by atoms with E-state index in [0.717, 1.165) is 18.4 Å². The first-order chi connectivity index (χ1) is 14.9. The zero-order valence-corrected chi connectivity index (χ0v) is 20.9. The Morgan fingerprint density at radius 2 is 1.84 bits per heavy atom. The van der Waals surface area contributed by atoms with Crippen molar-refractivity contribution in [2.75, 3.05) is 69.4 Å². The van der Waals surface area contributed by atoms with Gasteiger partial charge >= 0.3 is 0 Å². The topological polar surface area (TPSA) is 130 Å². The Kier molecular flexibility index (Phi) is 9.03. The second-order valence-electron chi connectivity index (χ2n) is 7.15. The summed E-state index contributed by atoms with van der Waals surface area (Å²) in [6.07, 6.45) is 6.51. The van der Waals surface area contributed by atoms with E-state index in [1.807, 2.05) is 11.9 Å². The van der Waals surface area contributed by atoms with Crippen molar-refractivity contribution in [2.24, 2.45) is 0 Å². The molecule has 14 heteroatoms. The molecule has 1 aromatic rings.